The molecule has 1 aliphatic rings. The fraction of sp³-hybridized carbons (Fsp3) is 0.467. The zero-order valence-electron chi connectivity index (χ0n) is 12.8. The molecule has 0 spiro atoms. The Labute approximate surface area is 136 Å². The first-order valence-electron chi connectivity index (χ1n) is 7.36. The number of nitrogens with zero attached hydrogens (tertiary/aromatic N) is 2. The lowest BCUT2D eigenvalue weighted by atomic mass is 10.2. The Bertz CT molecular complexity index is 599. The van der Waals surface area contributed by atoms with Gasteiger partial charge in [0.2, 0.25) is 11.8 Å². The first-order valence-corrected chi connectivity index (χ1v) is 7.36. The van der Waals surface area contributed by atoms with Crippen molar-refractivity contribution in [2.24, 2.45) is 0 Å². The highest BCUT2D eigenvalue weighted by atomic mass is 19.4. The monoisotopic (exact) mass is 347 g/mol. The van der Waals surface area contributed by atoms with E-state index in [2.05, 4.69) is 5.32 Å². The molecule has 0 radical (unpaired) electrons. The summed E-state index contributed by atoms with van der Waals surface area (Å²) in [7, 11) is 0. The number of para-hydroxylation sites is 1. The highest BCUT2D eigenvalue weighted by Gasteiger charge is 2.34. The van der Waals surface area contributed by atoms with E-state index in [1.807, 2.05) is 0 Å². The number of carbonyl (C=O) groups is 2. The van der Waals surface area contributed by atoms with Crippen molar-refractivity contribution in [2.75, 3.05) is 38.0 Å². The van der Waals surface area contributed by atoms with Crippen molar-refractivity contribution in [3.8, 4) is 0 Å². The maximum Gasteiger partial charge on any atom is 0.397 e. The SMILES string of the molecule is O=C(CN1CCN(C(=O)CC(F)(F)F)CC1)Nc1ccccc1F. The van der Waals surface area contributed by atoms with Crippen molar-refractivity contribution in [2.45, 2.75) is 12.6 Å². The lowest BCUT2D eigenvalue weighted by Gasteiger charge is -2.34. The smallest absolute Gasteiger partial charge is 0.340 e. The number of nitrogens with one attached hydrogen (secondary N) is 1. The minimum atomic E-state index is -4.52. The van der Waals surface area contributed by atoms with E-state index in [1.54, 1.807) is 11.0 Å². The molecule has 0 saturated carbocycles. The van der Waals surface area contributed by atoms with Crippen LogP contribution in [0.2, 0.25) is 0 Å². The lowest BCUT2D eigenvalue weighted by molar-refractivity contribution is -0.162. The molecule has 0 aromatic heterocycles. The molecule has 1 fully saturated rings. The van der Waals surface area contributed by atoms with Crippen molar-refractivity contribution in [3.63, 3.8) is 0 Å². The Balaban J connectivity index is 1.77. The molecule has 5 nitrogen and oxygen atoms in total. The van der Waals surface area contributed by atoms with Crippen LogP contribution in [-0.2, 0) is 9.59 Å². The number of benzene rings is 1. The highest BCUT2D eigenvalue weighted by Crippen LogP contribution is 2.21. The van der Waals surface area contributed by atoms with Gasteiger partial charge in [0.05, 0.1) is 12.2 Å². The zero-order chi connectivity index (χ0) is 17.7. The summed E-state index contributed by atoms with van der Waals surface area (Å²) in [6.45, 7) is 0.808. The van der Waals surface area contributed by atoms with Crippen LogP contribution >= 0.6 is 0 Å². The Morgan fingerprint density at radius 3 is 2.29 bits per heavy atom. The van der Waals surface area contributed by atoms with Gasteiger partial charge in [-0.25, -0.2) is 4.39 Å². The van der Waals surface area contributed by atoms with Gasteiger partial charge in [-0.05, 0) is 12.1 Å². The quantitative estimate of drug-likeness (QED) is 0.846. The predicted octanol–water partition coefficient (Wildman–Crippen LogP) is 1.86. The topological polar surface area (TPSA) is 52.7 Å². The summed E-state index contributed by atoms with van der Waals surface area (Å²) >= 11 is 0. The molecule has 1 aliphatic heterocycles. The van der Waals surface area contributed by atoms with Crippen molar-refractivity contribution < 1.29 is 27.2 Å². The van der Waals surface area contributed by atoms with Gasteiger partial charge in [-0.15, -0.1) is 0 Å². The van der Waals surface area contributed by atoms with E-state index in [0.717, 1.165) is 4.90 Å². The van der Waals surface area contributed by atoms with Crippen LogP contribution in [0, 0.1) is 5.82 Å². The second kappa shape index (κ2) is 7.61. The van der Waals surface area contributed by atoms with E-state index in [9.17, 15) is 27.2 Å². The van der Waals surface area contributed by atoms with Crippen molar-refractivity contribution >= 4 is 17.5 Å². The largest absolute Gasteiger partial charge is 0.397 e. The number of halogens is 4. The summed E-state index contributed by atoms with van der Waals surface area (Å²) in [5, 5.41) is 2.44. The van der Waals surface area contributed by atoms with Crippen LogP contribution in [0.25, 0.3) is 0 Å². The summed E-state index contributed by atoms with van der Waals surface area (Å²) in [4.78, 5) is 26.2. The van der Waals surface area contributed by atoms with Gasteiger partial charge in [0.25, 0.3) is 0 Å². The van der Waals surface area contributed by atoms with Gasteiger partial charge < -0.3 is 10.2 Å². The van der Waals surface area contributed by atoms with Gasteiger partial charge in [0.1, 0.15) is 12.2 Å². The molecule has 0 atom stereocenters. The summed E-state index contributed by atoms with van der Waals surface area (Å²) in [6.07, 6.45) is -5.99. The zero-order valence-corrected chi connectivity index (χ0v) is 12.8. The van der Waals surface area contributed by atoms with Crippen LogP contribution in [0.15, 0.2) is 24.3 Å². The third kappa shape index (κ3) is 5.48. The molecule has 24 heavy (non-hydrogen) atoms. The summed E-state index contributed by atoms with van der Waals surface area (Å²) < 4.78 is 50.1. The molecule has 1 heterocycles. The molecule has 1 aromatic rings. The molecule has 132 valence electrons. The van der Waals surface area contributed by atoms with Crippen molar-refractivity contribution in [3.05, 3.63) is 30.1 Å². The lowest BCUT2D eigenvalue weighted by Crippen LogP contribution is -2.51. The number of anilines is 1. The molecule has 1 aromatic carbocycles. The molecular weight excluding hydrogens is 330 g/mol. The Morgan fingerprint density at radius 1 is 1.08 bits per heavy atom. The first-order chi connectivity index (χ1) is 11.2. The first kappa shape index (κ1) is 18.2. The van der Waals surface area contributed by atoms with Gasteiger partial charge in [0, 0.05) is 26.2 Å². The number of rotatable bonds is 4. The summed E-state index contributed by atoms with van der Waals surface area (Å²) in [5.41, 5.74) is 0.0708. The van der Waals surface area contributed by atoms with Crippen LogP contribution in [0.5, 0.6) is 0 Å². The molecule has 1 saturated heterocycles. The molecule has 0 unspecified atom stereocenters. The van der Waals surface area contributed by atoms with E-state index in [-0.39, 0.29) is 38.4 Å². The fourth-order valence-electron chi connectivity index (χ4n) is 2.39. The number of alkyl halides is 3. The Kier molecular flexibility index (Phi) is 5.76. The average molecular weight is 347 g/mol. The third-order valence-corrected chi connectivity index (χ3v) is 3.59. The maximum atomic E-state index is 13.4. The van der Waals surface area contributed by atoms with Gasteiger partial charge in [-0.1, -0.05) is 12.1 Å². The Hall–Kier alpha value is -2.16. The molecule has 2 rings (SSSR count). The van der Waals surface area contributed by atoms with E-state index < -0.39 is 30.2 Å². The van der Waals surface area contributed by atoms with E-state index in [0.29, 0.717) is 0 Å². The van der Waals surface area contributed by atoms with Gasteiger partial charge in [-0.3, -0.25) is 14.5 Å². The molecule has 0 aliphatic carbocycles. The number of hydrogen-bond donors (Lipinski definition) is 1. The molecular formula is C15H17F4N3O2. The number of amides is 2. The third-order valence-electron chi connectivity index (χ3n) is 3.59. The fourth-order valence-corrected chi connectivity index (χ4v) is 2.39. The normalized spacial score (nSPS) is 16.1. The van der Waals surface area contributed by atoms with Gasteiger partial charge in [-0.2, -0.15) is 13.2 Å². The number of hydrogen-bond acceptors (Lipinski definition) is 3. The molecule has 9 heteroatoms. The number of piperazine rings is 1. The van der Waals surface area contributed by atoms with Crippen LogP contribution in [-0.4, -0.2) is 60.5 Å². The van der Waals surface area contributed by atoms with Crippen LogP contribution in [0.4, 0.5) is 23.2 Å². The maximum absolute atomic E-state index is 13.4. The standard InChI is InChI=1S/C15H17F4N3O2/c16-11-3-1-2-4-12(11)20-13(23)10-21-5-7-22(8-6-21)14(24)9-15(17,18)19/h1-4H,5-10H2,(H,20,23). The highest BCUT2D eigenvalue weighted by molar-refractivity contribution is 5.92. The average Bonchev–Trinajstić information content (AvgIpc) is 2.48. The van der Waals surface area contributed by atoms with Crippen LogP contribution in [0.1, 0.15) is 6.42 Å². The molecule has 0 bridgehead atoms. The van der Waals surface area contributed by atoms with Crippen molar-refractivity contribution in [1.29, 1.82) is 0 Å². The molecule has 2 amide bonds. The molecule has 1 N–H and O–H groups in total. The van der Waals surface area contributed by atoms with E-state index in [4.69, 9.17) is 0 Å². The predicted molar refractivity (Wildman–Crippen MR) is 78.7 cm³/mol. The second-order valence-corrected chi connectivity index (χ2v) is 5.48. The number of carbonyl (C=O) groups excluding carboxylic acids is 2. The second-order valence-electron chi connectivity index (χ2n) is 5.48. The van der Waals surface area contributed by atoms with Crippen molar-refractivity contribution in [1.82, 2.24) is 9.80 Å². The Morgan fingerprint density at radius 2 is 1.71 bits per heavy atom. The van der Waals surface area contributed by atoms with E-state index >= 15 is 0 Å². The van der Waals surface area contributed by atoms with Crippen LogP contribution < -0.4 is 5.32 Å². The van der Waals surface area contributed by atoms with Gasteiger partial charge in [0.15, 0.2) is 0 Å². The summed E-state index contributed by atoms with van der Waals surface area (Å²) in [5.74, 6) is -1.93. The minimum absolute atomic E-state index is 0.0182. The summed E-state index contributed by atoms with van der Waals surface area (Å²) in [6, 6.07) is 5.74. The van der Waals surface area contributed by atoms with Crippen LogP contribution in [0.3, 0.4) is 0 Å². The van der Waals surface area contributed by atoms with Gasteiger partial charge >= 0.3 is 6.18 Å². The van der Waals surface area contributed by atoms with E-state index in [1.165, 1.54) is 18.2 Å². The minimum Gasteiger partial charge on any atom is -0.340 e.